The van der Waals surface area contributed by atoms with Gasteiger partial charge in [-0.1, -0.05) is 33.3 Å². The second kappa shape index (κ2) is 8.12. The summed E-state index contributed by atoms with van der Waals surface area (Å²) >= 11 is 0. The van der Waals surface area contributed by atoms with E-state index in [4.69, 9.17) is 0 Å². The SMILES string of the molecule is C=CCN(CC)S(=O)(=O)N1CCCCC1CNC(C)C. The molecule has 1 unspecified atom stereocenters. The van der Waals surface area contributed by atoms with Crippen molar-refractivity contribution in [1.82, 2.24) is 13.9 Å². The number of piperidine rings is 1. The van der Waals surface area contributed by atoms with Crippen molar-refractivity contribution in [2.75, 3.05) is 26.2 Å². The Morgan fingerprint density at radius 1 is 1.45 bits per heavy atom. The highest BCUT2D eigenvalue weighted by atomic mass is 32.2. The number of hydrogen-bond acceptors (Lipinski definition) is 3. The van der Waals surface area contributed by atoms with Gasteiger partial charge in [0.15, 0.2) is 0 Å². The van der Waals surface area contributed by atoms with Crippen molar-refractivity contribution in [1.29, 1.82) is 0 Å². The van der Waals surface area contributed by atoms with Crippen LogP contribution in [0.2, 0.25) is 0 Å². The summed E-state index contributed by atoms with van der Waals surface area (Å²) < 4.78 is 28.6. The fourth-order valence-electron chi connectivity index (χ4n) is 2.53. The van der Waals surface area contributed by atoms with Crippen LogP contribution in [0.3, 0.4) is 0 Å². The highest BCUT2D eigenvalue weighted by molar-refractivity contribution is 7.86. The Morgan fingerprint density at radius 3 is 2.70 bits per heavy atom. The Morgan fingerprint density at radius 2 is 2.15 bits per heavy atom. The van der Waals surface area contributed by atoms with E-state index in [1.54, 1.807) is 10.4 Å². The Kier molecular flexibility index (Phi) is 7.15. The predicted octanol–water partition coefficient (Wildman–Crippen LogP) is 1.59. The molecule has 0 bridgehead atoms. The summed E-state index contributed by atoms with van der Waals surface area (Å²) in [6.07, 6.45) is 4.63. The lowest BCUT2D eigenvalue weighted by atomic mass is 10.0. The molecule has 1 rings (SSSR count). The number of nitrogens with one attached hydrogen (secondary N) is 1. The van der Waals surface area contributed by atoms with Crippen LogP contribution in [0.25, 0.3) is 0 Å². The molecule has 1 atom stereocenters. The highest BCUT2D eigenvalue weighted by Crippen LogP contribution is 2.22. The standard InChI is InChI=1S/C14H29N3O2S/c1-5-10-16(6-2)20(18,19)17-11-8-7-9-14(17)12-15-13(3)4/h5,13-15H,1,6-12H2,2-4H3. The zero-order valence-electron chi connectivity index (χ0n) is 13.0. The minimum Gasteiger partial charge on any atom is -0.313 e. The second-order valence-electron chi connectivity index (χ2n) is 5.57. The lowest BCUT2D eigenvalue weighted by molar-refractivity contribution is 0.226. The summed E-state index contributed by atoms with van der Waals surface area (Å²) in [4.78, 5) is 0. The van der Waals surface area contributed by atoms with Crippen molar-refractivity contribution in [3.63, 3.8) is 0 Å². The van der Waals surface area contributed by atoms with Crippen molar-refractivity contribution in [2.24, 2.45) is 0 Å². The molecular weight excluding hydrogens is 274 g/mol. The van der Waals surface area contributed by atoms with Gasteiger partial charge in [-0.25, -0.2) is 0 Å². The molecule has 6 heteroatoms. The fourth-order valence-corrected chi connectivity index (χ4v) is 4.37. The molecule has 0 aromatic rings. The topological polar surface area (TPSA) is 52.7 Å². The molecular formula is C14H29N3O2S. The summed E-state index contributed by atoms with van der Waals surface area (Å²) in [5, 5.41) is 3.36. The van der Waals surface area contributed by atoms with Crippen molar-refractivity contribution in [3.8, 4) is 0 Å². The Labute approximate surface area is 124 Å². The van der Waals surface area contributed by atoms with E-state index >= 15 is 0 Å². The van der Waals surface area contributed by atoms with Crippen LogP contribution in [-0.4, -0.2) is 55.3 Å². The molecule has 1 aliphatic rings. The summed E-state index contributed by atoms with van der Waals surface area (Å²) in [7, 11) is -3.38. The maximum Gasteiger partial charge on any atom is 0.282 e. The van der Waals surface area contributed by atoms with Crippen LogP contribution < -0.4 is 5.32 Å². The molecule has 0 spiro atoms. The largest absolute Gasteiger partial charge is 0.313 e. The third-order valence-corrected chi connectivity index (χ3v) is 5.78. The molecule has 1 aliphatic heterocycles. The number of rotatable bonds is 8. The smallest absolute Gasteiger partial charge is 0.282 e. The third-order valence-electron chi connectivity index (χ3n) is 3.64. The summed E-state index contributed by atoms with van der Waals surface area (Å²) in [6, 6.07) is 0.437. The molecule has 0 amide bonds. The van der Waals surface area contributed by atoms with E-state index in [2.05, 4.69) is 25.7 Å². The van der Waals surface area contributed by atoms with E-state index in [0.29, 0.717) is 25.7 Å². The normalized spacial score (nSPS) is 21.6. The molecule has 0 aromatic carbocycles. The van der Waals surface area contributed by atoms with E-state index < -0.39 is 10.2 Å². The lowest BCUT2D eigenvalue weighted by Crippen LogP contribution is -2.54. The van der Waals surface area contributed by atoms with Crippen LogP contribution in [0.4, 0.5) is 0 Å². The van der Waals surface area contributed by atoms with Crippen LogP contribution >= 0.6 is 0 Å². The molecule has 0 aliphatic carbocycles. The van der Waals surface area contributed by atoms with Crippen LogP contribution in [0.5, 0.6) is 0 Å². The molecule has 1 saturated heterocycles. The van der Waals surface area contributed by atoms with E-state index in [1.807, 2.05) is 6.92 Å². The first kappa shape index (κ1) is 17.6. The van der Waals surface area contributed by atoms with E-state index in [9.17, 15) is 8.42 Å². The average Bonchev–Trinajstić information content (AvgIpc) is 2.42. The predicted molar refractivity (Wildman–Crippen MR) is 83.8 cm³/mol. The van der Waals surface area contributed by atoms with Gasteiger partial charge >= 0.3 is 0 Å². The van der Waals surface area contributed by atoms with Gasteiger partial charge in [-0.2, -0.15) is 17.0 Å². The number of likely N-dealkylation sites (N-methyl/N-ethyl adjacent to an activating group) is 1. The van der Waals surface area contributed by atoms with Crippen LogP contribution in [0.1, 0.15) is 40.0 Å². The molecule has 1 heterocycles. The molecule has 5 nitrogen and oxygen atoms in total. The summed E-state index contributed by atoms with van der Waals surface area (Å²) in [6.45, 7) is 11.9. The van der Waals surface area contributed by atoms with Crippen LogP contribution in [0, 0.1) is 0 Å². The quantitative estimate of drug-likeness (QED) is 0.693. The minimum atomic E-state index is -3.38. The molecule has 0 radical (unpaired) electrons. The zero-order chi connectivity index (χ0) is 15.2. The molecule has 118 valence electrons. The van der Waals surface area contributed by atoms with Crippen molar-refractivity contribution < 1.29 is 8.42 Å². The first-order valence-electron chi connectivity index (χ1n) is 7.54. The Balaban J connectivity index is 2.84. The minimum absolute atomic E-state index is 0.0648. The van der Waals surface area contributed by atoms with Gasteiger partial charge in [-0.3, -0.25) is 0 Å². The molecule has 20 heavy (non-hydrogen) atoms. The van der Waals surface area contributed by atoms with Crippen LogP contribution in [-0.2, 0) is 10.2 Å². The molecule has 0 saturated carbocycles. The lowest BCUT2D eigenvalue weighted by Gasteiger charge is -2.38. The van der Waals surface area contributed by atoms with Crippen molar-refractivity contribution >= 4 is 10.2 Å². The van der Waals surface area contributed by atoms with Gasteiger partial charge in [0.1, 0.15) is 0 Å². The van der Waals surface area contributed by atoms with E-state index in [-0.39, 0.29) is 6.04 Å². The van der Waals surface area contributed by atoms with E-state index in [0.717, 1.165) is 25.8 Å². The van der Waals surface area contributed by atoms with Crippen molar-refractivity contribution in [2.45, 2.75) is 52.1 Å². The van der Waals surface area contributed by atoms with Gasteiger partial charge < -0.3 is 5.32 Å². The third kappa shape index (κ3) is 4.55. The summed E-state index contributed by atoms with van der Waals surface area (Å²) in [5.41, 5.74) is 0. The van der Waals surface area contributed by atoms with E-state index in [1.165, 1.54) is 4.31 Å². The monoisotopic (exact) mass is 303 g/mol. The first-order valence-corrected chi connectivity index (χ1v) is 8.94. The molecule has 0 aromatic heterocycles. The maximum atomic E-state index is 12.7. The fraction of sp³-hybridized carbons (Fsp3) is 0.857. The first-order chi connectivity index (χ1) is 9.43. The van der Waals surface area contributed by atoms with Gasteiger partial charge in [0.2, 0.25) is 0 Å². The van der Waals surface area contributed by atoms with Gasteiger partial charge in [-0.05, 0) is 12.8 Å². The number of hydrogen-bond donors (Lipinski definition) is 1. The Bertz CT molecular complexity index is 395. The Hall–Kier alpha value is -0.430. The molecule has 1 N–H and O–H groups in total. The average molecular weight is 303 g/mol. The second-order valence-corrected chi connectivity index (χ2v) is 7.45. The molecule has 1 fully saturated rings. The van der Waals surface area contributed by atoms with Gasteiger partial charge in [-0.15, -0.1) is 6.58 Å². The van der Waals surface area contributed by atoms with Crippen molar-refractivity contribution in [3.05, 3.63) is 12.7 Å². The van der Waals surface area contributed by atoms with Crippen LogP contribution in [0.15, 0.2) is 12.7 Å². The highest BCUT2D eigenvalue weighted by Gasteiger charge is 2.35. The summed E-state index contributed by atoms with van der Waals surface area (Å²) in [5.74, 6) is 0. The van der Waals surface area contributed by atoms with Gasteiger partial charge in [0.05, 0.1) is 0 Å². The number of nitrogens with zero attached hydrogens (tertiary/aromatic N) is 2. The van der Waals surface area contributed by atoms with Gasteiger partial charge in [0.25, 0.3) is 10.2 Å². The maximum absolute atomic E-state index is 12.7. The van der Waals surface area contributed by atoms with Gasteiger partial charge in [0, 0.05) is 38.3 Å². The zero-order valence-corrected chi connectivity index (χ0v) is 13.8.